The quantitative estimate of drug-likeness (QED) is 0.796. The SMILES string of the molecule is O=C(O)C=CC(=O)N1CCN(S(=O)(=O)c2ccccc2)CC1. The first-order chi connectivity index (χ1) is 10.4. The van der Waals surface area contributed by atoms with E-state index in [1.54, 1.807) is 18.2 Å². The highest BCUT2D eigenvalue weighted by Crippen LogP contribution is 2.17. The van der Waals surface area contributed by atoms with Gasteiger partial charge in [0.15, 0.2) is 0 Å². The highest BCUT2D eigenvalue weighted by atomic mass is 32.2. The predicted octanol–water partition coefficient (Wildman–Crippen LogP) is 0.160. The average Bonchev–Trinajstić information content (AvgIpc) is 2.53. The number of carbonyl (C=O) groups is 2. The number of benzene rings is 1. The topological polar surface area (TPSA) is 95.0 Å². The summed E-state index contributed by atoms with van der Waals surface area (Å²) in [5.41, 5.74) is 0. The van der Waals surface area contributed by atoms with Crippen LogP contribution in [0.4, 0.5) is 0 Å². The number of sulfonamides is 1. The highest BCUT2D eigenvalue weighted by molar-refractivity contribution is 7.89. The monoisotopic (exact) mass is 324 g/mol. The Kier molecular flexibility index (Phi) is 4.94. The van der Waals surface area contributed by atoms with Crippen LogP contribution in [0.1, 0.15) is 0 Å². The summed E-state index contributed by atoms with van der Waals surface area (Å²) in [6, 6.07) is 8.11. The largest absolute Gasteiger partial charge is 0.478 e. The van der Waals surface area contributed by atoms with Crippen LogP contribution in [-0.4, -0.2) is 60.8 Å². The number of piperazine rings is 1. The van der Waals surface area contributed by atoms with Crippen molar-refractivity contribution < 1.29 is 23.1 Å². The molecule has 1 amide bonds. The molecule has 0 aromatic heterocycles. The third kappa shape index (κ3) is 3.71. The van der Waals surface area contributed by atoms with E-state index < -0.39 is 21.9 Å². The van der Waals surface area contributed by atoms with Crippen molar-refractivity contribution in [1.29, 1.82) is 0 Å². The summed E-state index contributed by atoms with van der Waals surface area (Å²) in [4.78, 5) is 23.8. The van der Waals surface area contributed by atoms with Gasteiger partial charge in [0.2, 0.25) is 15.9 Å². The normalized spacial score (nSPS) is 16.8. The van der Waals surface area contributed by atoms with Gasteiger partial charge in [0, 0.05) is 38.3 Å². The van der Waals surface area contributed by atoms with Gasteiger partial charge in [-0.15, -0.1) is 0 Å². The predicted molar refractivity (Wildman–Crippen MR) is 78.6 cm³/mol. The first-order valence-corrected chi connectivity index (χ1v) is 8.10. The number of nitrogens with zero attached hydrogens (tertiary/aromatic N) is 2. The van der Waals surface area contributed by atoms with Crippen molar-refractivity contribution in [2.24, 2.45) is 0 Å². The lowest BCUT2D eigenvalue weighted by Crippen LogP contribution is -2.50. The first kappa shape index (κ1) is 16.2. The summed E-state index contributed by atoms with van der Waals surface area (Å²) in [7, 11) is -3.55. The van der Waals surface area contributed by atoms with Gasteiger partial charge in [-0.3, -0.25) is 4.79 Å². The van der Waals surface area contributed by atoms with E-state index in [2.05, 4.69) is 0 Å². The van der Waals surface area contributed by atoms with E-state index in [1.165, 1.54) is 21.3 Å². The zero-order valence-electron chi connectivity index (χ0n) is 11.8. The number of amides is 1. The Balaban J connectivity index is 2.00. The minimum atomic E-state index is -3.55. The van der Waals surface area contributed by atoms with Crippen LogP contribution in [0.25, 0.3) is 0 Å². The molecule has 0 aliphatic carbocycles. The third-order valence-corrected chi connectivity index (χ3v) is 5.21. The molecule has 1 heterocycles. The molecule has 1 N–H and O–H groups in total. The zero-order valence-corrected chi connectivity index (χ0v) is 12.6. The van der Waals surface area contributed by atoms with Crippen LogP contribution >= 0.6 is 0 Å². The number of rotatable bonds is 4. The summed E-state index contributed by atoms with van der Waals surface area (Å²) in [6.07, 6.45) is 1.75. The van der Waals surface area contributed by atoms with Crippen molar-refractivity contribution in [2.45, 2.75) is 4.90 Å². The molecule has 0 unspecified atom stereocenters. The molecule has 2 rings (SSSR count). The van der Waals surface area contributed by atoms with E-state index in [-0.39, 0.29) is 31.1 Å². The molecule has 1 fully saturated rings. The Morgan fingerprint density at radius 2 is 1.59 bits per heavy atom. The maximum Gasteiger partial charge on any atom is 0.328 e. The average molecular weight is 324 g/mol. The number of aliphatic carboxylic acids is 1. The van der Waals surface area contributed by atoms with Gasteiger partial charge in [0.05, 0.1) is 4.90 Å². The van der Waals surface area contributed by atoms with Gasteiger partial charge in [-0.25, -0.2) is 13.2 Å². The van der Waals surface area contributed by atoms with Gasteiger partial charge < -0.3 is 10.0 Å². The fourth-order valence-corrected chi connectivity index (χ4v) is 3.58. The molecule has 0 spiro atoms. The standard InChI is InChI=1S/C14H16N2O5S/c17-13(6-7-14(18)19)15-8-10-16(11-9-15)22(20,21)12-4-2-1-3-5-12/h1-7H,8-11H2,(H,18,19). The van der Waals surface area contributed by atoms with Crippen LogP contribution < -0.4 is 0 Å². The van der Waals surface area contributed by atoms with Gasteiger partial charge in [-0.05, 0) is 12.1 Å². The van der Waals surface area contributed by atoms with Crippen LogP contribution in [0.15, 0.2) is 47.4 Å². The molecule has 0 bridgehead atoms. The lowest BCUT2D eigenvalue weighted by molar-refractivity contribution is -0.132. The molecule has 1 aliphatic rings. The second-order valence-corrected chi connectivity index (χ2v) is 6.65. The first-order valence-electron chi connectivity index (χ1n) is 6.66. The van der Waals surface area contributed by atoms with Crippen molar-refractivity contribution in [1.82, 2.24) is 9.21 Å². The molecule has 1 aliphatic heterocycles. The van der Waals surface area contributed by atoms with Gasteiger partial charge in [-0.2, -0.15) is 4.31 Å². The number of hydrogen-bond acceptors (Lipinski definition) is 4. The Morgan fingerprint density at radius 1 is 1.00 bits per heavy atom. The van der Waals surface area contributed by atoms with E-state index in [0.29, 0.717) is 0 Å². The molecule has 1 saturated heterocycles. The molecule has 8 heteroatoms. The molecule has 118 valence electrons. The number of hydrogen-bond donors (Lipinski definition) is 1. The fourth-order valence-electron chi connectivity index (χ4n) is 2.14. The third-order valence-electron chi connectivity index (χ3n) is 3.30. The Hall–Kier alpha value is -2.19. The van der Waals surface area contributed by atoms with Crippen molar-refractivity contribution in [3.8, 4) is 0 Å². The summed E-state index contributed by atoms with van der Waals surface area (Å²) in [6.45, 7) is 0.831. The van der Waals surface area contributed by atoms with Crippen LogP contribution in [-0.2, 0) is 19.6 Å². The van der Waals surface area contributed by atoms with Crippen LogP contribution in [0, 0.1) is 0 Å². The Labute approximate surface area is 128 Å². The van der Waals surface area contributed by atoms with Crippen molar-refractivity contribution in [2.75, 3.05) is 26.2 Å². The summed E-state index contributed by atoms with van der Waals surface area (Å²) in [5.74, 6) is -1.63. The van der Waals surface area contributed by atoms with Crippen LogP contribution in [0.5, 0.6) is 0 Å². The maximum atomic E-state index is 12.4. The van der Waals surface area contributed by atoms with Crippen LogP contribution in [0.3, 0.4) is 0 Å². The summed E-state index contributed by atoms with van der Waals surface area (Å²) in [5, 5.41) is 8.49. The number of carbonyl (C=O) groups excluding carboxylic acids is 1. The minimum absolute atomic E-state index is 0.184. The lowest BCUT2D eigenvalue weighted by Gasteiger charge is -2.33. The summed E-state index contributed by atoms with van der Waals surface area (Å²) >= 11 is 0. The smallest absolute Gasteiger partial charge is 0.328 e. The fraction of sp³-hybridized carbons (Fsp3) is 0.286. The summed E-state index contributed by atoms with van der Waals surface area (Å²) < 4.78 is 26.1. The van der Waals surface area contributed by atoms with Gasteiger partial charge in [0.25, 0.3) is 0 Å². The molecule has 1 aromatic carbocycles. The highest BCUT2D eigenvalue weighted by Gasteiger charge is 2.29. The molecule has 0 atom stereocenters. The minimum Gasteiger partial charge on any atom is -0.478 e. The second-order valence-electron chi connectivity index (χ2n) is 4.71. The van der Waals surface area contributed by atoms with Gasteiger partial charge in [0.1, 0.15) is 0 Å². The zero-order chi connectivity index (χ0) is 16.2. The van der Waals surface area contributed by atoms with Crippen LogP contribution in [0.2, 0.25) is 0 Å². The Morgan fingerprint density at radius 3 is 2.14 bits per heavy atom. The Bertz CT molecular complexity index is 676. The molecule has 0 radical (unpaired) electrons. The molecule has 22 heavy (non-hydrogen) atoms. The van der Waals surface area contributed by atoms with E-state index in [9.17, 15) is 18.0 Å². The van der Waals surface area contributed by atoms with Crippen molar-refractivity contribution in [3.63, 3.8) is 0 Å². The molecule has 0 saturated carbocycles. The van der Waals surface area contributed by atoms with Gasteiger partial charge in [-0.1, -0.05) is 18.2 Å². The maximum absolute atomic E-state index is 12.4. The van der Waals surface area contributed by atoms with E-state index in [4.69, 9.17) is 5.11 Å². The van der Waals surface area contributed by atoms with E-state index in [1.807, 2.05) is 0 Å². The van der Waals surface area contributed by atoms with Gasteiger partial charge >= 0.3 is 5.97 Å². The molecular formula is C14H16N2O5S. The van der Waals surface area contributed by atoms with E-state index >= 15 is 0 Å². The molecule has 7 nitrogen and oxygen atoms in total. The number of carboxylic acid groups (broad SMARTS) is 1. The van der Waals surface area contributed by atoms with Crippen molar-refractivity contribution in [3.05, 3.63) is 42.5 Å². The van der Waals surface area contributed by atoms with E-state index in [0.717, 1.165) is 12.2 Å². The molecule has 1 aromatic rings. The molecular weight excluding hydrogens is 308 g/mol. The number of carboxylic acids is 1. The second kappa shape index (κ2) is 6.71. The lowest BCUT2D eigenvalue weighted by atomic mass is 10.3. The van der Waals surface area contributed by atoms with Crippen molar-refractivity contribution >= 4 is 21.9 Å².